The van der Waals surface area contributed by atoms with E-state index in [2.05, 4.69) is 11.9 Å². The summed E-state index contributed by atoms with van der Waals surface area (Å²) in [6, 6.07) is 7.24. The van der Waals surface area contributed by atoms with Crippen molar-refractivity contribution in [3.05, 3.63) is 36.9 Å². The molecular formula is C18H26N2O3. The molecule has 0 heterocycles. The topological polar surface area (TPSA) is 73.6 Å². The van der Waals surface area contributed by atoms with Gasteiger partial charge >= 0.3 is 0 Å². The first-order chi connectivity index (χ1) is 10.8. The van der Waals surface area contributed by atoms with Crippen molar-refractivity contribution in [2.24, 2.45) is 11.1 Å². The minimum atomic E-state index is -0.940. The van der Waals surface area contributed by atoms with E-state index in [1.165, 1.54) is 0 Å². The van der Waals surface area contributed by atoms with Gasteiger partial charge in [0.25, 0.3) is 0 Å². The third kappa shape index (κ3) is 3.26. The van der Waals surface area contributed by atoms with Crippen molar-refractivity contribution in [2.75, 3.05) is 18.5 Å². The molecule has 0 aliphatic heterocycles. The number of benzene rings is 1. The second-order valence-corrected chi connectivity index (χ2v) is 6.42. The molecule has 0 aromatic heterocycles. The summed E-state index contributed by atoms with van der Waals surface area (Å²) in [5.74, 6) is 0.480. The number of rotatable bonds is 7. The first-order valence-electron chi connectivity index (χ1n) is 7.91. The van der Waals surface area contributed by atoms with Gasteiger partial charge in [-0.15, -0.1) is 0 Å². The minimum absolute atomic E-state index is 0.00510. The Morgan fingerprint density at radius 2 is 2.26 bits per heavy atom. The van der Waals surface area contributed by atoms with E-state index in [0.717, 1.165) is 0 Å². The smallest absolute Gasteiger partial charge is 0.245 e. The summed E-state index contributed by atoms with van der Waals surface area (Å²) in [5.41, 5.74) is 5.69. The molecule has 23 heavy (non-hydrogen) atoms. The zero-order valence-corrected chi connectivity index (χ0v) is 14.1. The molecule has 2 rings (SSSR count). The van der Waals surface area contributed by atoms with Crippen LogP contribution in [0.2, 0.25) is 0 Å². The van der Waals surface area contributed by atoms with E-state index in [9.17, 15) is 4.79 Å². The van der Waals surface area contributed by atoms with Crippen molar-refractivity contribution in [1.29, 1.82) is 0 Å². The van der Waals surface area contributed by atoms with E-state index in [-0.39, 0.29) is 12.0 Å². The quantitative estimate of drug-likeness (QED) is 0.758. The molecule has 0 spiro atoms. The lowest BCUT2D eigenvalue weighted by molar-refractivity contribution is -0.166. The van der Waals surface area contributed by atoms with Gasteiger partial charge in [-0.25, -0.2) is 0 Å². The molecule has 3 N–H and O–H groups in total. The van der Waals surface area contributed by atoms with Crippen molar-refractivity contribution in [3.8, 4) is 5.75 Å². The van der Waals surface area contributed by atoms with Crippen molar-refractivity contribution in [3.63, 3.8) is 0 Å². The molecule has 1 fully saturated rings. The normalized spacial score (nSPS) is 25.3. The summed E-state index contributed by atoms with van der Waals surface area (Å²) >= 11 is 0. The Kier molecular flexibility index (Phi) is 5.12. The van der Waals surface area contributed by atoms with E-state index in [1.54, 1.807) is 12.1 Å². The zero-order valence-electron chi connectivity index (χ0n) is 14.1. The van der Waals surface area contributed by atoms with Crippen molar-refractivity contribution in [1.82, 2.24) is 0 Å². The Bertz CT molecular complexity index is 585. The van der Waals surface area contributed by atoms with Crippen LogP contribution in [0.5, 0.6) is 5.75 Å². The van der Waals surface area contributed by atoms with E-state index in [0.29, 0.717) is 31.1 Å². The summed E-state index contributed by atoms with van der Waals surface area (Å²) in [4.78, 5) is 12.7. The largest absolute Gasteiger partial charge is 0.489 e. The Morgan fingerprint density at radius 3 is 2.87 bits per heavy atom. The minimum Gasteiger partial charge on any atom is -0.489 e. The van der Waals surface area contributed by atoms with Gasteiger partial charge in [0.1, 0.15) is 17.9 Å². The molecule has 0 radical (unpaired) electrons. The number of anilines is 1. The van der Waals surface area contributed by atoms with Crippen molar-refractivity contribution < 1.29 is 14.3 Å². The van der Waals surface area contributed by atoms with Gasteiger partial charge in [0.15, 0.2) is 0 Å². The summed E-state index contributed by atoms with van der Waals surface area (Å²) in [6.07, 6.45) is 2.20. The van der Waals surface area contributed by atoms with Gasteiger partial charge in [0.05, 0.1) is 6.10 Å². The Balaban J connectivity index is 2.06. The fourth-order valence-electron chi connectivity index (χ4n) is 2.88. The van der Waals surface area contributed by atoms with Crippen LogP contribution >= 0.6 is 0 Å². The molecule has 1 aliphatic carbocycles. The molecule has 2 atom stereocenters. The molecule has 5 nitrogen and oxygen atoms in total. The lowest BCUT2D eigenvalue weighted by Gasteiger charge is -2.57. The Hall–Kier alpha value is -1.85. The fraction of sp³-hybridized carbons (Fsp3) is 0.500. The molecule has 1 aliphatic rings. The summed E-state index contributed by atoms with van der Waals surface area (Å²) < 4.78 is 11.1. The highest BCUT2D eigenvalue weighted by atomic mass is 16.5. The van der Waals surface area contributed by atoms with Gasteiger partial charge < -0.3 is 20.5 Å². The highest BCUT2D eigenvalue weighted by molar-refractivity contribution is 5.99. The predicted octanol–water partition coefficient (Wildman–Crippen LogP) is 2.72. The van der Waals surface area contributed by atoms with Gasteiger partial charge in [-0.05, 0) is 19.1 Å². The number of carbonyl (C=O) groups is 1. The number of nitrogens with two attached hydrogens (primary N) is 1. The Morgan fingerprint density at radius 1 is 1.52 bits per heavy atom. The van der Waals surface area contributed by atoms with E-state index in [4.69, 9.17) is 15.2 Å². The van der Waals surface area contributed by atoms with Crippen LogP contribution < -0.4 is 15.8 Å². The SMILES string of the molecule is C=CCOc1cccc(NC(=O)C2(N)CC(OCC)C2(C)C)c1. The third-order valence-electron chi connectivity index (χ3n) is 4.69. The number of hydrogen-bond donors (Lipinski definition) is 2. The molecular weight excluding hydrogens is 292 g/mol. The van der Waals surface area contributed by atoms with Gasteiger partial charge in [-0.2, -0.15) is 0 Å². The maximum absolute atomic E-state index is 12.7. The van der Waals surface area contributed by atoms with Crippen molar-refractivity contribution in [2.45, 2.75) is 38.8 Å². The van der Waals surface area contributed by atoms with Gasteiger partial charge in [-0.3, -0.25) is 4.79 Å². The first-order valence-corrected chi connectivity index (χ1v) is 7.91. The zero-order chi connectivity index (χ0) is 17.1. The molecule has 1 saturated carbocycles. The Labute approximate surface area is 137 Å². The van der Waals surface area contributed by atoms with Crippen LogP contribution in [0.15, 0.2) is 36.9 Å². The number of nitrogens with one attached hydrogen (secondary N) is 1. The van der Waals surface area contributed by atoms with Crippen LogP contribution in [-0.2, 0) is 9.53 Å². The van der Waals surface area contributed by atoms with Crippen LogP contribution in [-0.4, -0.2) is 30.8 Å². The summed E-state index contributed by atoms with van der Waals surface area (Å²) in [5, 5.41) is 2.89. The third-order valence-corrected chi connectivity index (χ3v) is 4.69. The molecule has 1 aromatic carbocycles. The van der Waals surface area contributed by atoms with Crippen LogP contribution in [0.1, 0.15) is 27.2 Å². The van der Waals surface area contributed by atoms with E-state index < -0.39 is 11.0 Å². The molecule has 1 amide bonds. The molecule has 126 valence electrons. The lowest BCUT2D eigenvalue weighted by atomic mass is 9.54. The molecule has 1 aromatic rings. The van der Waals surface area contributed by atoms with Crippen LogP contribution in [0.3, 0.4) is 0 Å². The average Bonchev–Trinajstić information content (AvgIpc) is 2.52. The second kappa shape index (κ2) is 6.72. The molecule has 0 saturated heterocycles. The first kappa shape index (κ1) is 17.5. The summed E-state index contributed by atoms with van der Waals surface area (Å²) in [7, 11) is 0. The monoisotopic (exact) mass is 318 g/mol. The van der Waals surface area contributed by atoms with Gasteiger partial charge in [0, 0.05) is 30.2 Å². The summed E-state index contributed by atoms with van der Waals surface area (Å²) in [6.45, 7) is 10.5. The van der Waals surface area contributed by atoms with Gasteiger partial charge in [0.2, 0.25) is 5.91 Å². The fourth-order valence-corrected chi connectivity index (χ4v) is 2.88. The maximum Gasteiger partial charge on any atom is 0.245 e. The standard InChI is InChI=1S/C18H26N2O3/c1-5-10-23-14-9-7-8-13(11-14)20-16(21)18(19)12-15(22-6-2)17(18,3)4/h5,7-9,11,15H,1,6,10,12,19H2,2-4H3,(H,20,21). The van der Waals surface area contributed by atoms with Crippen LogP contribution in [0.25, 0.3) is 0 Å². The molecule has 5 heteroatoms. The highest BCUT2D eigenvalue weighted by Crippen LogP contribution is 2.50. The van der Waals surface area contributed by atoms with Gasteiger partial charge in [-0.1, -0.05) is 32.6 Å². The lowest BCUT2D eigenvalue weighted by Crippen LogP contribution is -2.74. The average molecular weight is 318 g/mol. The predicted molar refractivity (Wildman–Crippen MR) is 91.5 cm³/mol. The van der Waals surface area contributed by atoms with Crippen LogP contribution in [0.4, 0.5) is 5.69 Å². The number of hydrogen-bond acceptors (Lipinski definition) is 4. The van der Waals surface area contributed by atoms with Crippen molar-refractivity contribution >= 4 is 11.6 Å². The van der Waals surface area contributed by atoms with E-state index in [1.807, 2.05) is 39.0 Å². The number of carbonyl (C=O) groups excluding carboxylic acids is 1. The molecule has 2 unspecified atom stereocenters. The van der Waals surface area contributed by atoms with E-state index >= 15 is 0 Å². The number of ether oxygens (including phenoxy) is 2. The number of amides is 1. The van der Waals surface area contributed by atoms with Crippen LogP contribution in [0, 0.1) is 5.41 Å². The maximum atomic E-state index is 12.7. The second-order valence-electron chi connectivity index (χ2n) is 6.42. The molecule has 0 bridgehead atoms. The highest BCUT2D eigenvalue weighted by Gasteiger charge is 2.62.